The molecule has 2 nitrogen and oxygen atoms in total. The number of hydrogen-bond donors (Lipinski definition) is 1. The average Bonchev–Trinajstić information content (AvgIpc) is 2.04. The molecule has 0 saturated heterocycles. The van der Waals surface area contributed by atoms with Crippen LogP contribution >= 0.6 is 0 Å². The molecule has 0 unspecified atom stereocenters. The van der Waals surface area contributed by atoms with Crippen LogP contribution < -0.4 is 5.73 Å². The molecule has 1 saturated carbocycles. The first-order valence-corrected chi connectivity index (χ1v) is 5.13. The lowest BCUT2D eigenvalue weighted by Crippen LogP contribution is -2.46. The van der Waals surface area contributed by atoms with Crippen LogP contribution in [0.3, 0.4) is 0 Å². The fourth-order valence-electron chi connectivity index (χ4n) is 1.83. The highest BCUT2D eigenvalue weighted by molar-refractivity contribution is 4.90. The first-order valence-electron chi connectivity index (χ1n) is 5.13. The quantitative estimate of drug-likeness (QED) is 0.678. The maximum absolute atomic E-state index is 6.19. The zero-order valence-electron chi connectivity index (χ0n) is 8.64. The maximum atomic E-state index is 6.19. The molecule has 0 aliphatic heterocycles. The Kier molecular flexibility index (Phi) is 3.94. The van der Waals surface area contributed by atoms with E-state index in [1.54, 1.807) is 0 Å². The molecular weight excluding hydrogens is 162 g/mol. The van der Waals surface area contributed by atoms with Gasteiger partial charge in [-0.3, -0.25) is 0 Å². The first kappa shape index (κ1) is 10.7. The second-order valence-electron chi connectivity index (χ2n) is 4.37. The SMILES string of the molecule is C=C(C)COCC1(N)CCCCC1. The average molecular weight is 183 g/mol. The molecule has 0 atom stereocenters. The molecule has 0 amide bonds. The molecule has 2 heteroatoms. The lowest BCUT2D eigenvalue weighted by molar-refractivity contribution is 0.0820. The Balaban J connectivity index is 2.21. The van der Waals surface area contributed by atoms with Gasteiger partial charge in [-0.1, -0.05) is 31.4 Å². The Morgan fingerprint density at radius 2 is 2.00 bits per heavy atom. The Labute approximate surface area is 81.1 Å². The minimum atomic E-state index is -0.0479. The van der Waals surface area contributed by atoms with E-state index in [1.807, 2.05) is 6.92 Å². The molecule has 76 valence electrons. The van der Waals surface area contributed by atoms with Crippen molar-refractivity contribution >= 4 is 0 Å². The van der Waals surface area contributed by atoms with E-state index >= 15 is 0 Å². The van der Waals surface area contributed by atoms with E-state index in [4.69, 9.17) is 10.5 Å². The lowest BCUT2D eigenvalue weighted by Gasteiger charge is -2.33. The molecule has 0 aromatic carbocycles. The Bertz CT molecular complexity index is 171. The normalized spacial score (nSPS) is 21.4. The Morgan fingerprint density at radius 3 is 2.54 bits per heavy atom. The van der Waals surface area contributed by atoms with Crippen LogP contribution in [-0.2, 0) is 4.74 Å². The van der Waals surface area contributed by atoms with Crippen LogP contribution in [0.4, 0.5) is 0 Å². The van der Waals surface area contributed by atoms with Gasteiger partial charge in [-0.2, -0.15) is 0 Å². The maximum Gasteiger partial charge on any atom is 0.0672 e. The summed E-state index contributed by atoms with van der Waals surface area (Å²) in [6.45, 7) is 7.12. The summed E-state index contributed by atoms with van der Waals surface area (Å²) in [5.41, 5.74) is 7.21. The fraction of sp³-hybridized carbons (Fsp3) is 0.818. The molecule has 0 spiro atoms. The van der Waals surface area contributed by atoms with Crippen LogP contribution in [0.15, 0.2) is 12.2 Å². The molecule has 0 aromatic rings. The fourth-order valence-corrected chi connectivity index (χ4v) is 1.83. The summed E-state index contributed by atoms with van der Waals surface area (Å²) in [5.74, 6) is 0. The van der Waals surface area contributed by atoms with Gasteiger partial charge in [-0.05, 0) is 19.8 Å². The number of hydrogen-bond acceptors (Lipinski definition) is 2. The van der Waals surface area contributed by atoms with Crippen LogP contribution in [0.5, 0.6) is 0 Å². The molecule has 1 aliphatic rings. The van der Waals surface area contributed by atoms with E-state index in [0.29, 0.717) is 13.2 Å². The molecular formula is C11H21NO. The predicted octanol–water partition coefficient (Wildman–Crippen LogP) is 2.24. The topological polar surface area (TPSA) is 35.2 Å². The van der Waals surface area contributed by atoms with Gasteiger partial charge in [0.1, 0.15) is 0 Å². The molecule has 0 heterocycles. The standard InChI is InChI=1S/C11H21NO/c1-10(2)8-13-9-11(12)6-4-3-5-7-11/h1,3-9,12H2,2H3. The summed E-state index contributed by atoms with van der Waals surface area (Å²) in [6, 6.07) is 0. The molecule has 2 N–H and O–H groups in total. The molecule has 0 aromatic heterocycles. The van der Waals surface area contributed by atoms with Gasteiger partial charge in [0, 0.05) is 5.54 Å². The minimum Gasteiger partial charge on any atom is -0.375 e. The summed E-state index contributed by atoms with van der Waals surface area (Å²) >= 11 is 0. The largest absolute Gasteiger partial charge is 0.375 e. The lowest BCUT2D eigenvalue weighted by atomic mass is 9.83. The highest BCUT2D eigenvalue weighted by Crippen LogP contribution is 2.25. The van der Waals surface area contributed by atoms with Crippen LogP contribution in [0.1, 0.15) is 39.0 Å². The van der Waals surface area contributed by atoms with Crippen molar-refractivity contribution in [1.29, 1.82) is 0 Å². The molecule has 1 aliphatic carbocycles. The van der Waals surface area contributed by atoms with Gasteiger partial charge in [-0.25, -0.2) is 0 Å². The van der Waals surface area contributed by atoms with Crippen LogP contribution in [0.25, 0.3) is 0 Å². The Hall–Kier alpha value is -0.340. The molecule has 1 rings (SSSR count). The number of ether oxygens (including phenoxy) is 1. The van der Waals surface area contributed by atoms with Gasteiger partial charge in [-0.15, -0.1) is 0 Å². The van der Waals surface area contributed by atoms with E-state index < -0.39 is 0 Å². The van der Waals surface area contributed by atoms with E-state index in [2.05, 4.69) is 6.58 Å². The van der Waals surface area contributed by atoms with Crippen molar-refractivity contribution in [2.75, 3.05) is 13.2 Å². The third kappa shape index (κ3) is 3.92. The summed E-state index contributed by atoms with van der Waals surface area (Å²) < 4.78 is 5.51. The zero-order chi connectivity index (χ0) is 9.73. The van der Waals surface area contributed by atoms with Crippen molar-refractivity contribution < 1.29 is 4.74 Å². The molecule has 0 radical (unpaired) electrons. The van der Waals surface area contributed by atoms with Gasteiger partial charge in [0.05, 0.1) is 13.2 Å². The van der Waals surface area contributed by atoms with Crippen molar-refractivity contribution in [3.63, 3.8) is 0 Å². The highest BCUT2D eigenvalue weighted by atomic mass is 16.5. The summed E-state index contributed by atoms with van der Waals surface area (Å²) in [6.07, 6.45) is 6.08. The van der Waals surface area contributed by atoms with Gasteiger partial charge >= 0.3 is 0 Å². The third-order valence-corrected chi connectivity index (χ3v) is 2.59. The number of rotatable bonds is 4. The first-order chi connectivity index (χ1) is 6.12. The second kappa shape index (κ2) is 4.77. The van der Waals surface area contributed by atoms with E-state index in [1.165, 1.54) is 19.3 Å². The predicted molar refractivity (Wildman–Crippen MR) is 55.6 cm³/mol. The van der Waals surface area contributed by atoms with Gasteiger partial charge in [0.15, 0.2) is 0 Å². The van der Waals surface area contributed by atoms with Crippen molar-refractivity contribution in [3.8, 4) is 0 Å². The van der Waals surface area contributed by atoms with Crippen molar-refractivity contribution in [3.05, 3.63) is 12.2 Å². The van der Waals surface area contributed by atoms with E-state index in [-0.39, 0.29) is 5.54 Å². The summed E-state index contributed by atoms with van der Waals surface area (Å²) in [4.78, 5) is 0. The monoisotopic (exact) mass is 183 g/mol. The smallest absolute Gasteiger partial charge is 0.0672 e. The van der Waals surface area contributed by atoms with Crippen LogP contribution in [0.2, 0.25) is 0 Å². The summed E-state index contributed by atoms with van der Waals surface area (Å²) in [5, 5.41) is 0. The molecule has 0 bridgehead atoms. The molecule has 13 heavy (non-hydrogen) atoms. The third-order valence-electron chi connectivity index (χ3n) is 2.59. The second-order valence-corrected chi connectivity index (χ2v) is 4.37. The van der Waals surface area contributed by atoms with Gasteiger partial charge < -0.3 is 10.5 Å². The Morgan fingerprint density at radius 1 is 1.38 bits per heavy atom. The van der Waals surface area contributed by atoms with Crippen molar-refractivity contribution in [2.45, 2.75) is 44.6 Å². The van der Waals surface area contributed by atoms with Crippen molar-refractivity contribution in [1.82, 2.24) is 0 Å². The molecule has 1 fully saturated rings. The number of nitrogens with two attached hydrogens (primary N) is 1. The van der Waals surface area contributed by atoms with Gasteiger partial charge in [0.25, 0.3) is 0 Å². The van der Waals surface area contributed by atoms with Crippen LogP contribution in [0, 0.1) is 0 Å². The van der Waals surface area contributed by atoms with Gasteiger partial charge in [0.2, 0.25) is 0 Å². The van der Waals surface area contributed by atoms with Crippen LogP contribution in [-0.4, -0.2) is 18.8 Å². The zero-order valence-corrected chi connectivity index (χ0v) is 8.64. The summed E-state index contributed by atoms with van der Waals surface area (Å²) in [7, 11) is 0. The minimum absolute atomic E-state index is 0.0479. The van der Waals surface area contributed by atoms with E-state index in [0.717, 1.165) is 18.4 Å². The van der Waals surface area contributed by atoms with E-state index in [9.17, 15) is 0 Å². The van der Waals surface area contributed by atoms with Crippen molar-refractivity contribution in [2.24, 2.45) is 5.73 Å². The highest BCUT2D eigenvalue weighted by Gasteiger charge is 2.27.